The summed E-state index contributed by atoms with van der Waals surface area (Å²) in [5.74, 6) is 1.04. The summed E-state index contributed by atoms with van der Waals surface area (Å²) in [5.41, 5.74) is 2.99. The maximum Gasteiger partial charge on any atom is 0.336 e. The quantitative estimate of drug-likeness (QED) is 0.459. The normalized spacial score (nSPS) is 11.0. The van der Waals surface area contributed by atoms with Crippen LogP contribution in [0, 0.1) is 6.92 Å². The Morgan fingerprint density at radius 2 is 1.93 bits per heavy atom. The fraction of sp³-hybridized carbons (Fsp3) is 0.217. The number of nitrogens with one attached hydrogen (secondary N) is 2. The highest BCUT2D eigenvalue weighted by atomic mass is 16.5. The van der Waals surface area contributed by atoms with E-state index in [1.165, 1.54) is 6.07 Å². The molecular formula is C23H22N2O5. The smallest absolute Gasteiger partial charge is 0.336 e. The van der Waals surface area contributed by atoms with Crippen molar-refractivity contribution in [1.29, 1.82) is 0 Å². The number of carbonyl (C=O) groups is 1. The largest absolute Gasteiger partial charge is 0.497 e. The lowest BCUT2D eigenvalue weighted by Gasteiger charge is -2.08. The number of aromatic amines is 1. The SMILES string of the molecule is COc1ccc2[nH]cc(CCNC(=O)COc3ccc4c(C)cc(=O)oc4c3)c2c1. The summed E-state index contributed by atoms with van der Waals surface area (Å²) in [6.07, 6.45) is 2.62. The minimum atomic E-state index is -0.412. The fourth-order valence-electron chi connectivity index (χ4n) is 3.42. The van der Waals surface area contributed by atoms with Crippen LogP contribution in [-0.4, -0.2) is 31.2 Å². The molecule has 0 bridgehead atoms. The molecule has 0 unspecified atom stereocenters. The highest BCUT2D eigenvalue weighted by Gasteiger charge is 2.08. The lowest BCUT2D eigenvalue weighted by atomic mass is 10.1. The van der Waals surface area contributed by atoms with Crippen molar-refractivity contribution in [2.24, 2.45) is 0 Å². The maximum absolute atomic E-state index is 12.1. The van der Waals surface area contributed by atoms with Crippen LogP contribution in [0.1, 0.15) is 11.1 Å². The lowest BCUT2D eigenvalue weighted by molar-refractivity contribution is -0.123. The number of carbonyl (C=O) groups excluding carboxylic acids is 1. The molecule has 2 heterocycles. The predicted molar refractivity (Wildman–Crippen MR) is 114 cm³/mol. The van der Waals surface area contributed by atoms with Crippen molar-refractivity contribution < 1.29 is 18.7 Å². The second-order valence-electron chi connectivity index (χ2n) is 7.02. The van der Waals surface area contributed by atoms with Gasteiger partial charge in [-0.3, -0.25) is 4.79 Å². The Balaban J connectivity index is 1.32. The molecule has 0 radical (unpaired) electrons. The molecular weight excluding hydrogens is 384 g/mol. The molecule has 154 valence electrons. The van der Waals surface area contributed by atoms with E-state index in [4.69, 9.17) is 13.9 Å². The van der Waals surface area contributed by atoms with E-state index in [9.17, 15) is 9.59 Å². The van der Waals surface area contributed by atoms with E-state index in [0.29, 0.717) is 24.3 Å². The zero-order chi connectivity index (χ0) is 21.1. The second kappa shape index (κ2) is 8.32. The van der Waals surface area contributed by atoms with Gasteiger partial charge in [-0.15, -0.1) is 0 Å². The van der Waals surface area contributed by atoms with Crippen LogP contribution in [0.25, 0.3) is 21.9 Å². The fourth-order valence-corrected chi connectivity index (χ4v) is 3.42. The van der Waals surface area contributed by atoms with Crippen LogP contribution in [-0.2, 0) is 11.2 Å². The van der Waals surface area contributed by atoms with Gasteiger partial charge in [0, 0.05) is 41.2 Å². The van der Waals surface area contributed by atoms with Gasteiger partial charge >= 0.3 is 5.63 Å². The molecule has 4 aromatic rings. The highest BCUT2D eigenvalue weighted by Crippen LogP contribution is 2.24. The molecule has 30 heavy (non-hydrogen) atoms. The summed E-state index contributed by atoms with van der Waals surface area (Å²) in [6.45, 7) is 2.21. The second-order valence-corrected chi connectivity index (χ2v) is 7.02. The first-order chi connectivity index (χ1) is 14.5. The van der Waals surface area contributed by atoms with E-state index >= 15 is 0 Å². The van der Waals surface area contributed by atoms with Crippen LogP contribution in [0.5, 0.6) is 11.5 Å². The van der Waals surface area contributed by atoms with Gasteiger partial charge in [0.15, 0.2) is 6.61 Å². The number of hydrogen-bond donors (Lipinski definition) is 2. The van der Waals surface area contributed by atoms with E-state index in [0.717, 1.165) is 33.2 Å². The monoisotopic (exact) mass is 406 g/mol. The maximum atomic E-state index is 12.1. The molecule has 2 aromatic heterocycles. The predicted octanol–water partition coefficient (Wildman–Crippen LogP) is 3.33. The molecule has 2 N–H and O–H groups in total. The first-order valence-electron chi connectivity index (χ1n) is 9.61. The number of fused-ring (bicyclic) bond motifs is 2. The number of aryl methyl sites for hydroxylation is 1. The summed E-state index contributed by atoms with van der Waals surface area (Å²) in [6, 6.07) is 12.5. The van der Waals surface area contributed by atoms with Crippen LogP contribution < -0.4 is 20.4 Å². The number of hydrogen-bond acceptors (Lipinski definition) is 5. The van der Waals surface area contributed by atoms with Crippen LogP contribution in [0.15, 0.2) is 57.9 Å². The van der Waals surface area contributed by atoms with Crippen molar-refractivity contribution in [2.75, 3.05) is 20.3 Å². The summed E-state index contributed by atoms with van der Waals surface area (Å²) in [7, 11) is 1.64. The van der Waals surface area contributed by atoms with Crippen molar-refractivity contribution in [3.8, 4) is 11.5 Å². The van der Waals surface area contributed by atoms with Crippen molar-refractivity contribution in [3.63, 3.8) is 0 Å². The number of rotatable bonds is 7. The minimum Gasteiger partial charge on any atom is -0.497 e. The zero-order valence-corrected chi connectivity index (χ0v) is 16.8. The van der Waals surface area contributed by atoms with Crippen molar-refractivity contribution in [2.45, 2.75) is 13.3 Å². The number of aromatic nitrogens is 1. The number of methoxy groups -OCH3 is 1. The molecule has 7 heteroatoms. The van der Waals surface area contributed by atoms with E-state index in [1.807, 2.05) is 37.4 Å². The zero-order valence-electron chi connectivity index (χ0n) is 16.8. The average Bonchev–Trinajstić information content (AvgIpc) is 3.14. The van der Waals surface area contributed by atoms with Crippen LogP contribution >= 0.6 is 0 Å². The number of H-pyrrole nitrogens is 1. The Bertz CT molecular complexity index is 1270. The summed E-state index contributed by atoms with van der Waals surface area (Å²) < 4.78 is 16.0. The van der Waals surface area contributed by atoms with Gasteiger partial charge < -0.3 is 24.2 Å². The average molecular weight is 406 g/mol. The molecule has 2 aromatic carbocycles. The van der Waals surface area contributed by atoms with Gasteiger partial charge in [0.2, 0.25) is 0 Å². The highest BCUT2D eigenvalue weighted by molar-refractivity contribution is 5.85. The first-order valence-corrected chi connectivity index (χ1v) is 9.61. The van der Waals surface area contributed by atoms with Gasteiger partial charge in [0.1, 0.15) is 17.1 Å². The minimum absolute atomic E-state index is 0.122. The molecule has 7 nitrogen and oxygen atoms in total. The molecule has 0 fully saturated rings. The Morgan fingerprint density at radius 1 is 1.10 bits per heavy atom. The molecule has 4 rings (SSSR count). The molecule has 0 spiro atoms. The topological polar surface area (TPSA) is 93.6 Å². The van der Waals surface area contributed by atoms with E-state index in [-0.39, 0.29) is 12.5 Å². The van der Waals surface area contributed by atoms with Crippen LogP contribution in [0.3, 0.4) is 0 Å². The molecule has 0 saturated heterocycles. The van der Waals surface area contributed by atoms with Gasteiger partial charge in [0.25, 0.3) is 5.91 Å². The number of ether oxygens (including phenoxy) is 2. The molecule has 0 aliphatic carbocycles. The third-order valence-electron chi connectivity index (χ3n) is 4.98. The van der Waals surface area contributed by atoms with Gasteiger partial charge in [0.05, 0.1) is 7.11 Å². The van der Waals surface area contributed by atoms with Gasteiger partial charge in [-0.1, -0.05) is 0 Å². The summed E-state index contributed by atoms with van der Waals surface area (Å²) in [4.78, 5) is 26.9. The van der Waals surface area contributed by atoms with Crippen LogP contribution in [0.2, 0.25) is 0 Å². The molecule has 0 atom stereocenters. The first kappa shape index (κ1) is 19.6. The van der Waals surface area contributed by atoms with E-state index in [2.05, 4.69) is 10.3 Å². The van der Waals surface area contributed by atoms with Gasteiger partial charge in [-0.25, -0.2) is 4.79 Å². The van der Waals surface area contributed by atoms with Gasteiger partial charge in [-0.2, -0.15) is 0 Å². The summed E-state index contributed by atoms with van der Waals surface area (Å²) >= 11 is 0. The lowest BCUT2D eigenvalue weighted by Crippen LogP contribution is -2.30. The van der Waals surface area contributed by atoms with Crippen molar-refractivity contribution in [1.82, 2.24) is 10.3 Å². The summed E-state index contributed by atoms with van der Waals surface area (Å²) in [5, 5.41) is 4.77. The van der Waals surface area contributed by atoms with Crippen molar-refractivity contribution >= 4 is 27.8 Å². The molecule has 0 aliphatic rings. The Labute approximate surface area is 172 Å². The molecule has 1 amide bonds. The van der Waals surface area contributed by atoms with Crippen molar-refractivity contribution in [3.05, 3.63) is 70.2 Å². The Hall–Kier alpha value is -3.74. The van der Waals surface area contributed by atoms with E-state index < -0.39 is 5.63 Å². The Kier molecular flexibility index (Phi) is 5.43. The third-order valence-corrected chi connectivity index (χ3v) is 4.98. The standard InChI is InChI=1S/C23H22N2O5/c1-14-9-23(27)30-21-11-17(3-5-18(14)21)29-13-22(26)24-8-7-15-12-25-20-6-4-16(28-2)10-19(15)20/h3-6,9-12,25H,7-8,13H2,1-2H3,(H,24,26). The molecule has 0 saturated carbocycles. The van der Waals surface area contributed by atoms with Gasteiger partial charge in [-0.05, 0) is 54.8 Å². The Morgan fingerprint density at radius 3 is 2.77 bits per heavy atom. The van der Waals surface area contributed by atoms with E-state index in [1.54, 1.807) is 19.2 Å². The number of benzene rings is 2. The molecule has 0 aliphatic heterocycles. The number of amides is 1. The third kappa shape index (κ3) is 4.15. The van der Waals surface area contributed by atoms with Crippen LogP contribution in [0.4, 0.5) is 0 Å².